The van der Waals surface area contributed by atoms with Crippen LogP contribution in [0.25, 0.3) is 10.8 Å². The lowest BCUT2D eigenvalue weighted by molar-refractivity contribution is -0.128. The Labute approximate surface area is 114 Å². The fourth-order valence-electron chi connectivity index (χ4n) is 1.97. The SMILES string of the molecule is CCN(C)C(=O)CNCc1ccc2ccccc2c1. The van der Waals surface area contributed by atoms with Crippen molar-refractivity contribution in [2.75, 3.05) is 20.1 Å². The maximum Gasteiger partial charge on any atom is 0.236 e. The standard InChI is InChI=1S/C16H20N2O/c1-3-18(2)16(19)12-17-11-13-8-9-14-6-4-5-7-15(14)10-13/h4-10,17H,3,11-12H2,1-2H3. The Kier molecular flexibility index (Phi) is 4.53. The van der Waals surface area contributed by atoms with Gasteiger partial charge in [-0.25, -0.2) is 0 Å². The summed E-state index contributed by atoms with van der Waals surface area (Å²) in [6.07, 6.45) is 0. The van der Waals surface area contributed by atoms with Crippen LogP contribution in [-0.4, -0.2) is 30.9 Å². The van der Waals surface area contributed by atoms with Gasteiger partial charge in [0.1, 0.15) is 0 Å². The average Bonchev–Trinajstić information content (AvgIpc) is 2.46. The molecule has 100 valence electrons. The van der Waals surface area contributed by atoms with E-state index in [1.165, 1.54) is 16.3 Å². The fourth-order valence-corrected chi connectivity index (χ4v) is 1.97. The molecule has 0 saturated heterocycles. The third kappa shape index (κ3) is 3.55. The summed E-state index contributed by atoms with van der Waals surface area (Å²) in [5.74, 6) is 0.128. The Bertz CT molecular complexity index is 565. The molecule has 0 bridgehead atoms. The van der Waals surface area contributed by atoms with Crippen molar-refractivity contribution in [1.82, 2.24) is 10.2 Å². The molecule has 0 aliphatic rings. The highest BCUT2D eigenvalue weighted by atomic mass is 16.2. The van der Waals surface area contributed by atoms with Crippen LogP contribution in [0.15, 0.2) is 42.5 Å². The Morgan fingerprint density at radius 1 is 1.16 bits per heavy atom. The molecule has 0 aromatic heterocycles. The molecule has 0 radical (unpaired) electrons. The van der Waals surface area contributed by atoms with Crippen molar-refractivity contribution >= 4 is 16.7 Å². The second-order valence-electron chi connectivity index (χ2n) is 4.69. The van der Waals surface area contributed by atoms with Crippen molar-refractivity contribution in [3.63, 3.8) is 0 Å². The maximum absolute atomic E-state index is 11.6. The molecule has 19 heavy (non-hydrogen) atoms. The summed E-state index contributed by atoms with van der Waals surface area (Å²) in [6, 6.07) is 14.7. The highest BCUT2D eigenvalue weighted by Crippen LogP contribution is 2.15. The second-order valence-corrected chi connectivity index (χ2v) is 4.69. The van der Waals surface area contributed by atoms with Gasteiger partial charge in [0.25, 0.3) is 0 Å². The molecule has 0 fully saturated rings. The van der Waals surface area contributed by atoms with E-state index in [1.807, 2.05) is 26.1 Å². The number of likely N-dealkylation sites (N-methyl/N-ethyl adjacent to an activating group) is 1. The predicted molar refractivity (Wildman–Crippen MR) is 79.0 cm³/mol. The van der Waals surface area contributed by atoms with Crippen LogP contribution in [-0.2, 0) is 11.3 Å². The van der Waals surface area contributed by atoms with Gasteiger partial charge in [0.05, 0.1) is 6.54 Å². The van der Waals surface area contributed by atoms with Crippen LogP contribution in [0, 0.1) is 0 Å². The monoisotopic (exact) mass is 256 g/mol. The minimum absolute atomic E-state index is 0.128. The molecule has 0 heterocycles. The van der Waals surface area contributed by atoms with E-state index in [0.717, 1.165) is 6.54 Å². The first kappa shape index (κ1) is 13.6. The number of nitrogens with one attached hydrogen (secondary N) is 1. The number of amides is 1. The molecule has 1 N–H and O–H groups in total. The zero-order valence-electron chi connectivity index (χ0n) is 11.5. The summed E-state index contributed by atoms with van der Waals surface area (Å²) in [4.78, 5) is 13.4. The lowest BCUT2D eigenvalue weighted by Gasteiger charge is -2.14. The average molecular weight is 256 g/mol. The molecule has 1 amide bonds. The molecule has 0 saturated carbocycles. The van der Waals surface area contributed by atoms with Crippen LogP contribution in [0.3, 0.4) is 0 Å². The largest absolute Gasteiger partial charge is 0.345 e. The molecule has 0 aliphatic heterocycles. The molecule has 2 aromatic carbocycles. The van der Waals surface area contributed by atoms with Crippen LogP contribution in [0.4, 0.5) is 0 Å². The van der Waals surface area contributed by atoms with Crippen molar-refractivity contribution in [2.45, 2.75) is 13.5 Å². The number of carbonyl (C=O) groups excluding carboxylic acids is 1. The molecule has 3 nitrogen and oxygen atoms in total. The van der Waals surface area contributed by atoms with Crippen molar-refractivity contribution in [3.05, 3.63) is 48.0 Å². The lowest BCUT2D eigenvalue weighted by atomic mass is 10.1. The van der Waals surface area contributed by atoms with E-state index in [4.69, 9.17) is 0 Å². The Morgan fingerprint density at radius 2 is 1.89 bits per heavy atom. The van der Waals surface area contributed by atoms with Gasteiger partial charge in [-0.1, -0.05) is 36.4 Å². The summed E-state index contributed by atoms with van der Waals surface area (Å²) < 4.78 is 0. The zero-order valence-corrected chi connectivity index (χ0v) is 11.5. The van der Waals surface area contributed by atoms with Crippen LogP contribution in [0.2, 0.25) is 0 Å². The van der Waals surface area contributed by atoms with Crippen molar-refractivity contribution in [3.8, 4) is 0 Å². The van der Waals surface area contributed by atoms with E-state index >= 15 is 0 Å². The van der Waals surface area contributed by atoms with Gasteiger partial charge in [-0.15, -0.1) is 0 Å². The first-order valence-corrected chi connectivity index (χ1v) is 6.63. The van der Waals surface area contributed by atoms with Gasteiger partial charge in [-0.3, -0.25) is 4.79 Å². The molecule has 0 aliphatic carbocycles. The lowest BCUT2D eigenvalue weighted by Crippen LogP contribution is -2.35. The first-order valence-electron chi connectivity index (χ1n) is 6.63. The molecule has 0 atom stereocenters. The van der Waals surface area contributed by atoms with Gasteiger partial charge in [-0.05, 0) is 29.3 Å². The summed E-state index contributed by atoms with van der Waals surface area (Å²) >= 11 is 0. The minimum Gasteiger partial charge on any atom is -0.345 e. The Morgan fingerprint density at radius 3 is 2.63 bits per heavy atom. The second kappa shape index (κ2) is 6.34. The predicted octanol–water partition coefficient (Wildman–Crippen LogP) is 2.41. The van der Waals surface area contributed by atoms with E-state index in [2.05, 4.69) is 35.6 Å². The van der Waals surface area contributed by atoms with Crippen LogP contribution >= 0.6 is 0 Å². The van der Waals surface area contributed by atoms with E-state index < -0.39 is 0 Å². The maximum atomic E-state index is 11.6. The van der Waals surface area contributed by atoms with Gasteiger partial charge in [-0.2, -0.15) is 0 Å². The third-order valence-corrected chi connectivity index (χ3v) is 3.32. The zero-order chi connectivity index (χ0) is 13.7. The highest BCUT2D eigenvalue weighted by molar-refractivity contribution is 5.83. The minimum atomic E-state index is 0.128. The summed E-state index contributed by atoms with van der Waals surface area (Å²) in [7, 11) is 1.82. The smallest absolute Gasteiger partial charge is 0.236 e. The number of hydrogen-bond donors (Lipinski definition) is 1. The number of benzene rings is 2. The van der Waals surface area contributed by atoms with Crippen LogP contribution in [0.1, 0.15) is 12.5 Å². The summed E-state index contributed by atoms with van der Waals surface area (Å²) in [5, 5.41) is 5.67. The molecule has 0 unspecified atom stereocenters. The summed E-state index contributed by atoms with van der Waals surface area (Å²) in [6.45, 7) is 3.82. The number of fused-ring (bicyclic) bond motifs is 1. The summed E-state index contributed by atoms with van der Waals surface area (Å²) in [5.41, 5.74) is 1.20. The normalized spacial score (nSPS) is 10.6. The van der Waals surface area contributed by atoms with E-state index in [1.54, 1.807) is 4.90 Å². The Balaban J connectivity index is 1.93. The molecular formula is C16H20N2O. The van der Waals surface area contributed by atoms with Gasteiger partial charge in [0, 0.05) is 20.1 Å². The molecule has 2 rings (SSSR count). The molecule has 0 spiro atoms. The van der Waals surface area contributed by atoms with E-state index in [0.29, 0.717) is 13.1 Å². The van der Waals surface area contributed by atoms with Gasteiger partial charge < -0.3 is 10.2 Å². The van der Waals surface area contributed by atoms with E-state index in [9.17, 15) is 4.79 Å². The molecular weight excluding hydrogens is 236 g/mol. The fraction of sp³-hybridized carbons (Fsp3) is 0.312. The van der Waals surface area contributed by atoms with Crippen molar-refractivity contribution in [1.29, 1.82) is 0 Å². The number of carbonyl (C=O) groups is 1. The topological polar surface area (TPSA) is 32.3 Å². The third-order valence-electron chi connectivity index (χ3n) is 3.32. The van der Waals surface area contributed by atoms with Gasteiger partial charge >= 0.3 is 0 Å². The van der Waals surface area contributed by atoms with Crippen LogP contribution in [0.5, 0.6) is 0 Å². The Hall–Kier alpha value is -1.87. The van der Waals surface area contributed by atoms with Crippen LogP contribution < -0.4 is 5.32 Å². The quantitative estimate of drug-likeness (QED) is 0.891. The number of nitrogens with zero attached hydrogens (tertiary/aromatic N) is 1. The van der Waals surface area contributed by atoms with Gasteiger partial charge in [0.15, 0.2) is 0 Å². The van der Waals surface area contributed by atoms with Crippen molar-refractivity contribution < 1.29 is 4.79 Å². The highest BCUT2D eigenvalue weighted by Gasteiger charge is 2.05. The molecule has 3 heteroatoms. The first-order chi connectivity index (χ1) is 9.20. The van der Waals surface area contributed by atoms with Crippen molar-refractivity contribution in [2.24, 2.45) is 0 Å². The van der Waals surface area contributed by atoms with Gasteiger partial charge in [0.2, 0.25) is 5.91 Å². The number of hydrogen-bond acceptors (Lipinski definition) is 2. The molecule has 2 aromatic rings. The van der Waals surface area contributed by atoms with E-state index in [-0.39, 0.29) is 5.91 Å². The number of rotatable bonds is 5.